The van der Waals surface area contributed by atoms with Crippen molar-refractivity contribution in [2.75, 3.05) is 0 Å². The van der Waals surface area contributed by atoms with Gasteiger partial charge in [0.25, 0.3) is 0 Å². The standard InChI is InChI=1S/2C5H6O4/c2*6-4-2-1-3(9-4)5(7)8/h2*3H,1-2H2,(H,7,8)/t2*3-/m11/s1. The van der Waals surface area contributed by atoms with Gasteiger partial charge in [-0.05, 0) is 0 Å². The van der Waals surface area contributed by atoms with Gasteiger partial charge in [0.05, 0.1) is 0 Å². The third kappa shape index (κ3) is 4.04. The van der Waals surface area contributed by atoms with Gasteiger partial charge in [-0.15, -0.1) is 0 Å². The van der Waals surface area contributed by atoms with Crippen LogP contribution in [-0.2, 0) is 28.7 Å². The second-order valence-corrected chi connectivity index (χ2v) is 3.71. The topological polar surface area (TPSA) is 127 Å². The summed E-state index contributed by atoms with van der Waals surface area (Å²) < 4.78 is 8.77. The van der Waals surface area contributed by atoms with Crippen molar-refractivity contribution >= 4 is 23.9 Å². The molecule has 2 rings (SSSR count). The maximum atomic E-state index is 10.3. The quantitative estimate of drug-likeness (QED) is 0.639. The van der Waals surface area contributed by atoms with E-state index < -0.39 is 36.1 Å². The molecule has 0 unspecified atom stereocenters. The van der Waals surface area contributed by atoms with Crippen LogP contribution in [0.2, 0.25) is 0 Å². The predicted octanol–water partition coefficient (Wildman–Crippen LogP) is -0.447. The summed E-state index contributed by atoms with van der Waals surface area (Å²) in [7, 11) is 0. The number of cyclic esters (lactones) is 2. The first-order chi connectivity index (χ1) is 8.40. The second-order valence-electron chi connectivity index (χ2n) is 3.71. The Kier molecular flexibility index (Phi) is 4.64. The molecule has 0 radical (unpaired) electrons. The van der Waals surface area contributed by atoms with Crippen LogP contribution in [0.3, 0.4) is 0 Å². The summed E-state index contributed by atoms with van der Waals surface area (Å²) >= 11 is 0. The van der Waals surface area contributed by atoms with E-state index in [0.717, 1.165) is 0 Å². The zero-order valence-corrected chi connectivity index (χ0v) is 9.33. The lowest BCUT2D eigenvalue weighted by Gasteiger charge is -1.99. The first-order valence-electron chi connectivity index (χ1n) is 5.24. The number of rotatable bonds is 2. The Balaban J connectivity index is 0.000000180. The number of carboxylic acids is 2. The van der Waals surface area contributed by atoms with Crippen molar-refractivity contribution in [3.8, 4) is 0 Å². The van der Waals surface area contributed by atoms with Gasteiger partial charge in [-0.3, -0.25) is 9.59 Å². The van der Waals surface area contributed by atoms with Crippen molar-refractivity contribution in [3.05, 3.63) is 0 Å². The SMILES string of the molecule is O=C1CC[C@H](C(=O)O)O1.O=C1CC[C@H](C(=O)O)O1. The number of hydrogen-bond acceptors (Lipinski definition) is 6. The van der Waals surface area contributed by atoms with Gasteiger partial charge in [-0.1, -0.05) is 0 Å². The number of esters is 2. The fourth-order valence-corrected chi connectivity index (χ4v) is 1.40. The van der Waals surface area contributed by atoms with E-state index in [1.54, 1.807) is 0 Å². The van der Waals surface area contributed by atoms with Gasteiger partial charge in [0, 0.05) is 25.7 Å². The molecule has 0 aromatic rings. The summed E-state index contributed by atoms with van der Waals surface area (Å²) in [5.74, 6) is -2.94. The molecule has 2 fully saturated rings. The Morgan fingerprint density at radius 2 is 1.22 bits per heavy atom. The molecule has 0 saturated carbocycles. The number of aliphatic carboxylic acids is 2. The van der Waals surface area contributed by atoms with Gasteiger partial charge in [-0.25, -0.2) is 9.59 Å². The molecule has 100 valence electrons. The maximum Gasteiger partial charge on any atom is 0.345 e. The molecule has 0 aliphatic carbocycles. The fourth-order valence-electron chi connectivity index (χ4n) is 1.40. The lowest BCUT2D eigenvalue weighted by molar-refractivity contribution is -0.156. The highest BCUT2D eigenvalue weighted by atomic mass is 16.6. The summed E-state index contributed by atoms with van der Waals surface area (Å²) in [6.45, 7) is 0. The maximum absolute atomic E-state index is 10.3. The highest BCUT2D eigenvalue weighted by molar-refractivity contribution is 5.82. The van der Waals surface area contributed by atoms with Crippen LogP contribution in [0, 0.1) is 0 Å². The molecule has 2 heterocycles. The van der Waals surface area contributed by atoms with Crippen LogP contribution in [0.4, 0.5) is 0 Å². The average Bonchev–Trinajstić information content (AvgIpc) is 2.88. The normalized spacial score (nSPS) is 25.8. The van der Waals surface area contributed by atoms with E-state index >= 15 is 0 Å². The lowest BCUT2D eigenvalue weighted by Crippen LogP contribution is -2.18. The first kappa shape index (κ1) is 13.9. The number of ether oxygens (including phenoxy) is 2. The van der Waals surface area contributed by atoms with E-state index in [0.29, 0.717) is 12.8 Å². The zero-order chi connectivity index (χ0) is 13.7. The third-order valence-corrected chi connectivity index (χ3v) is 2.32. The van der Waals surface area contributed by atoms with Crippen LogP contribution in [0.5, 0.6) is 0 Å². The van der Waals surface area contributed by atoms with E-state index in [4.69, 9.17) is 10.2 Å². The van der Waals surface area contributed by atoms with E-state index in [2.05, 4.69) is 9.47 Å². The summed E-state index contributed by atoms with van der Waals surface area (Å²) in [6.07, 6.45) is -0.689. The van der Waals surface area contributed by atoms with E-state index in [1.165, 1.54) is 0 Å². The molecule has 0 amide bonds. The number of carbonyl (C=O) groups excluding carboxylic acids is 2. The molecule has 0 aromatic heterocycles. The first-order valence-corrected chi connectivity index (χ1v) is 5.24. The summed E-state index contributed by atoms with van der Waals surface area (Å²) in [6, 6.07) is 0. The molecule has 0 spiro atoms. The number of carboxylic acid groups (broad SMARTS) is 2. The highest BCUT2D eigenvalue weighted by Crippen LogP contribution is 2.13. The third-order valence-electron chi connectivity index (χ3n) is 2.32. The van der Waals surface area contributed by atoms with Crippen LogP contribution in [0.15, 0.2) is 0 Å². The Morgan fingerprint density at radius 3 is 1.33 bits per heavy atom. The Labute approximate surface area is 101 Å². The highest BCUT2D eigenvalue weighted by Gasteiger charge is 2.29. The van der Waals surface area contributed by atoms with Gasteiger partial charge in [-0.2, -0.15) is 0 Å². The largest absolute Gasteiger partial charge is 0.479 e. The van der Waals surface area contributed by atoms with Crippen molar-refractivity contribution in [3.63, 3.8) is 0 Å². The summed E-state index contributed by atoms with van der Waals surface area (Å²) in [4.78, 5) is 40.7. The average molecular weight is 260 g/mol. The zero-order valence-electron chi connectivity index (χ0n) is 9.33. The minimum absolute atomic E-state index is 0.233. The Morgan fingerprint density at radius 1 is 0.889 bits per heavy atom. The van der Waals surface area contributed by atoms with Gasteiger partial charge in [0.2, 0.25) is 0 Å². The van der Waals surface area contributed by atoms with Crippen LogP contribution < -0.4 is 0 Å². The molecule has 18 heavy (non-hydrogen) atoms. The summed E-state index contributed by atoms with van der Waals surface area (Å²) in [5.41, 5.74) is 0. The van der Waals surface area contributed by atoms with E-state index in [9.17, 15) is 19.2 Å². The minimum Gasteiger partial charge on any atom is -0.479 e. The fraction of sp³-hybridized carbons (Fsp3) is 0.600. The van der Waals surface area contributed by atoms with Crippen LogP contribution in [0.25, 0.3) is 0 Å². The lowest BCUT2D eigenvalue weighted by atomic mass is 10.2. The van der Waals surface area contributed by atoms with E-state index in [-0.39, 0.29) is 12.8 Å². The molecule has 8 nitrogen and oxygen atoms in total. The predicted molar refractivity (Wildman–Crippen MR) is 53.5 cm³/mol. The Hall–Kier alpha value is -2.12. The van der Waals surface area contributed by atoms with E-state index in [1.807, 2.05) is 0 Å². The molecule has 8 heteroatoms. The van der Waals surface area contributed by atoms with Gasteiger partial charge in [0.15, 0.2) is 12.2 Å². The van der Waals surface area contributed by atoms with Gasteiger partial charge >= 0.3 is 23.9 Å². The Bertz CT molecular complexity index is 338. The van der Waals surface area contributed by atoms with Crippen molar-refractivity contribution in [2.45, 2.75) is 37.9 Å². The smallest absolute Gasteiger partial charge is 0.345 e. The van der Waals surface area contributed by atoms with Gasteiger partial charge < -0.3 is 19.7 Å². The molecule has 2 aliphatic rings. The molecule has 2 N–H and O–H groups in total. The van der Waals surface area contributed by atoms with Crippen molar-refractivity contribution in [2.24, 2.45) is 0 Å². The molecule has 2 aliphatic heterocycles. The number of hydrogen-bond donors (Lipinski definition) is 2. The minimum atomic E-state index is -1.05. The molecule has 0 bridgehead atoms. The van der Waals surface area contributed by atoms with Crippen molar-refractivity contribution < 1.29 is 38.9 Å². The molecular formula is C10H12O8. The van der Waals surface area contributed by atoms with Gasteiger partial charge in [0.1, 0.15) is 0 Å². The monoisotopic (exact) mass is 260 g/mol. The molecular weight excluding hydrogens is 248 g/mol. The van der Waals surface area contributed by atoms with Crippen LogP contribution in [0.1, 0.15) is 25.7 Å². The summed E-state index contributed by atoms with van der Waals surface area (Å²) in [5, 5.41) is 16.5. The number of carbonyl (C=O) groups is 4. The van der Waals surface area contributed by atoms with Crippen molar-refractivity contribution in [1.82, 2.24) is 0 Å². The van der Waals surface area contributed by atoms with Crippen LogP contribution >= 0.6 is 0 Å². The molecule has 0 aromatic carbocycles. The second kappa shape index (κ2) is 5.99. The van der Waals surface area contributed by atoms with Crippen molar-refractivity contribution in [1.29, 1.82) is 0 Å². The molecule has 2 atom stereocenters. The van der Waals surface area contributed by atoms with Crippen LogP contribution in [-0.4, -0.2) is 46.3 Å². The molecule has 2 saturated heterocycles.